The molecule has 13 heavy (non-hydrogen) atoms. The van der Waals surface area contributed by atoms with Gasteiger partial charge in [-0.15, -0.1) is 0 Å². The summed E-state index contributed by atoms with van der Waals surface area (Å²) < 4.78 is 1.67. The molecule has 0 bridgehead atoms. The SMILES string of the molecule is OB(O)c1cn2ccnc2cc1Cl. The van der Waals surface area contributed by atoms with Crippen molar-refractivity contribution in [3.8, 4) is 0 Å². The van der Waals surface area contributed by atoms with E-state index >= 15 is 0 Å². The van der Waals surface area contributed by atoms with Gasteiger partial charge in [-0.2, -0.15) is 0 Å². The van der Waals surface area contributed by atoms with Crippen molar-refractivity contribution in [2.24, 2.45) is 0 Å². The molecule has 0 unspecified atom stereocenters. The summed E-state index contributed by atoms with van der Waals surface area (Å²) in [7, 11) is -1.56. The van der Waals surface area contributed by atoms with Crippen LogP contribution in [-0.2, 0) is 0 Å². The summed E-state index contributed by atoms with van der Waals surface area (Å²) in [4.78, 5) is 4.00. The van der Waals surface area contributed by atoms with E-state index in [9.17, 15) is 0 Å². The van der Waals surface area contributed by atoms with Crippen LogP contribution >= 0.6 is 11.6 Å². The Bertz CT molecular complexity index is 443. The summed E-state index contributed by atoms with van der Waals surface area (Å²) >= 11 is 5.78. The van der Waals surface area contributed by atoms with Gasteiger partial charge >= 0.3 is 7.12 Å². The largest absolute Gasteiger partial charge is 0.491 e. The maximum absolute atomic E-state index is 8.94. The molecule has 2 aromatic heterocycles. The van der Waals surface area contributed by atoms with Crippen molar-refractivity contribution >= 4 is 29.8 Å². The zero-order valence-electron chi connectivity index (χ0n) is 6.55. The Balaban J connectivity index is 2.69. The Labute approximate surface area is 79.6 Å². The van der Waals surface area contributed by atoms with Crippen molar-refractivity contribution in [2.75, 3.05) is 0 Å². The Morgan fingerprint density at radius 2 is 2.23 bits per heavy atom. The number of pyridine rings is 1. The molecule has 66 valence electrons. The molecule has 0 aliphatic carbocycles. The molecule has 2 N–H and O–H groups in total. The summed E-state index contributed by atoms with van der Waals surface area (Å²) in [6, 6.07) is 1.58. The summed E-state index contributed by atoms with van der Waals surface area (Å²) in [6.07, 6.45) is 4.85. The topological polar surface area (TPSA) is 57.8 Å². The number of rotatable bonds is 1. The summed E-state index contributed by atoms with van der Waals surface area (Å²) in [5.74, 6) is 0. The second-order valence-corrected chi connectivity index (χ2v) is 3.05. The first-order valence-corrected chi connectivity index (χ1v) is 4.04. The minimum atomic E-state index is -1.56. The van der Waals surface area contributed by atoms with Crippen LogP contribution in [0.1, 0.15) is 0 Å². The van der Waals surface area contributed by atoms with E-state index in [1.165, 1.54) is 6.20 Å². The molecule has 0 amide bonds. The van der Waals surface area contributed by atoms with Crippen molar-refractivity contribution < 1.29 is 10.0 Å². The fraction of sp³-hybridized carbons (Fsp3) is 0. The van der Waals surface area contributed by atoms with Crippen molar-refractivity contribution in [3.05, 3.63) is 29.7 Å². The summed E-state index contributed by atoms with van der Waals surface area (Å²) in [5, 5.41) is 18.2. The van der Waals surface area contributed by atoms with Crippen LogP contribution in [0.4, 0.5) is 0 Å². The lowest BCUT2D eigenvalue weighted by Gasteiger charge is -2.03. The second kappa shape index (κ2) is 3.03. The van der Waals surface area contributed by atoms with Gasteiger partial charge in [-0.25, -0.2) is 4.98 Å². The van der Waals surface area contributed by atoms with Gasteiger partial charge in [-0.3, -0.25) is 0 Å². The van der Waals surface area contributed by atoms with Gasteiger partial charge in [0.15, 0.2) is 0 Å². The summed E-state index contributed by atoms with van der Waals surface area (Å²) in [5.41, 5.74) is 0.946. The zero-order valence-corrected chi connectivity index (χ0v) is 7.31. The highest BCUT2D eigenvalue weighted by atomic mass is 35.5. The van der Waals surface area contributed by atoms with Crippen LogP contribution in [0.2, 0.25) is 5.02 Å². The number of nitrogens with zero attached hydrogens (tertiary/aromatic N) is 2. The van der Waals surface area contributed by atoms with E-state index in [0.29, 0.717) is 10.7 Å². The molecule has 0 spiro atoms. The van der Waals surface area contributed by atoms with E-state index < -0.39 is 7.12 Å². The number of imidazole rings is 1. The maximum atomic E-state index is 8.94. The number of hydrogen-bond acceptors (Lipinski definition) is 3. The molecule has 0 radical (unpaired) electrons. The van der Waals surface area contributed by atoms with Crippen molar-refractivity contribution in [1.82, 2.24) is 9.38 Å². The van der Waals surface area contributed by atoms with E-state index in [4.69, 9.17) is 21.6 Å². The molecule has 4 nitrogen and oxygen atoms in total. The van der Waals surface area contributed by atoms with Crippen molar-refractivity contribution in [3.63, 3.8) is 0 Å². The molecule has 0 aromatic carbocycles. The fourth-order valence-electron chi connectivity index (χ4n) is 1.14. The Morgan fingerprint density at radius 3 is 2.92 bits per heavy atom. The number of hydrogen-bond donors (Lipinski definition) is 2. The lowest BCUT2D eigenvalue weighted by Crippen LogP contribution is -2.31. The molecule has 0 atom stereocenters. The molecule has 0 saturated carbocycles. The Morgan fingerprint density at radius 1 is 1.46 bits per heavy atom. The quantitative estimate of drug-likeness (QED) is 0.614. The van der Waals surface area contributed by atoms with Gasteiger partial charge in [-0.05, 0) is 6.07 Å². The lowest BCUT2D eigenvalue weighted by atomic mass is 9.81. The Kier molecular flexibility index (Phi) is 1.99. The van der Waals surface area contributed by atoms with Crippen LogP contribution in [0, 0.1) is 0 Å². The average molecular weight is 196 g/mol. The number of aromatic nitrogens is 2. The van der Waals surface area contributed by atoms with E-state index in [2.05, 4.69) is 4.98 Å². The van der Waals surface area contributed by atoms with E-state index in [0.717, 1.165) is 0 Å². The minimum absolute atomic E-state index is 0.271. The van der Waals surface area contributed by atoms with Gasteiger partial charge in [0.1, 0.15) is 5.65 Å². The smallest absolute Gasteiger partial charge is 0.423 e. The van der Waals surface area contributed by atoms with Crippen molar-refractivity contribution in [2.45, 2.75) is 0 Å². The van der Waals surface area contributed by atoms with Crippen LogP contribution in [0.25, 0.3) is 5.65 Å². The molecule has 2 rings (SSSR count). The monoisotopic (exact) mass is 196 g/mol. The Hall–Kier alpha value is -1.04. The highest BCUT2D eigenvalue weighted by Gasteiger charge is 2.16. The standard InChI is InChI=1S/C7H6BClN2O2/c9-6-3-7-10-1-2-11(7)4-5(6)8(12)13/h1-4,12-13H. The zero-order chi connectivity index (χ0) is 9.42. The number of fused-ring (bicyclic) bond motifs is 1. The molecule has 2 aromatic rings. The lowest BCUT2D eigenvalue weighted by molar-refractivity contribution is 0.425. The van der Waals surface area contributed by atoms with Gasteiger partial charge in [0.25, 0.3) is 0 Å². The molecule has 0 aliphatic rings. The fourth-order valence-corrected chi connectivity index (χ4v) is 1.39. The minimum Gasteiger partial charge on any atom is -0.423 e. The third-order valence-corrected chi connectivity index (χ3v) is 2.11. The molecule has 2 heterocycles. The molecular weight excluding hydrogens is 190 g/mol. The molecule has 0 fully saturated rings. The molecule has 0 aliphatic heterocycles. The highest BCUT2D eigenvalue weighted by molar-refractivity contribution is 6.62. The first kappa shape index (κ1) is 8.56. The maximum Gasteiger partial charge on any atom is 0.491 e. The van der Waals surface area contributed by atoms with Gasteiger partial charge in [-0.1, -0.05) is 11.6 Å². The van der Waals surface area contributed by atoms with Crippen molar-refractivity contribution in [1.29, 1.82) is 0 Å². The normalized spacial score (nSPS) is 10.7. The second-order valence-electron chi connectivity index (χ2n) is 2.64. The van der Waals surface area contributed by atoms with E-state index in [1.54, 1.807) is 22.9 Å². The first-order chi connectivity index (χ1) is 6.18. The molecular formula is C7H6BClN2O2. The van der Waals surface area contributed by atoms with Gasteiger partial charge in [0.2, 0.25) is 0 Å². The highest BCUT2D eigenvalue weighted by Crippen LogP contribution is 2.08. The van der Waals surface area contributed by atoms with E-state index in [1.807, 2.05) is 0 Å². The van der Waals surface area contributed by atoms with Gasteiger partial charge in [0, 0.05) is 29.1 Å². The van der Waals surface area contributed by atoms with Gasteiger partial charge < -0.3 is 14.4 Å². The van der Waals surface area contributed by atoms with E-state index in [-0.39, 0.29) is 5.46 Å². The molecule has 0 saturated heterocycles. The van der Waals surface area contributed by atoms with Gasteiger partial charge in [0.05, 0.1) is 0 Å². The van der Waals surface area contributed by atoms with Crippen LogP contribution in [0.15, 0.2) is 24.7 Å². The summed E-state index contributed by atoms with van der Waals surface area (Å²) in [6.45, 7) is 0. The predicted octanol–water partition coefficient (Wildman–Crippen LogP) is -0.333. The third kappa shape index (κ3) is 1.41. The van der Waals surface area contributed by atoms with Crippen LogP contribution in [-0.4, -0.2) is 26.6 Å². The third-order valence-electron chi connectivity index (χ3n) is 1.79. The van der Waals surface area contributed by atoms with Crippen LogP contribution < -0.4 is 5.46 Å². The molecule has 6 heteroatoms. The first-order valence-electron chi connectivity index (χ1n) is 3.67. The average Bonchev–Trinajstić information content (AvgIpc) is 2.48. The van der Waals surface area contributed by atoms with Crippen LogP contribution in [0.5, 0.6) is 0 Å². The number of halogens is 1. The predicted molar refractivity (Wildman–Crippen MR) is 50.0 cm³/mol. The van der Waals surface area contributed by atoms with Crippen LogP contribution in [0.3, 0.4) is 0 Å².